The van der Waals surface area contributed by atoms with Crippen molar-refractivity contribution in [3.8, 4) is 0 Å². The van der Waals surface area contributed by atoms with Crippen molar-refractivity contribution < 1.29 is 9.84 Å². The van der Waals surface area contributed by atoms with Gasteiger partial charge in [-0.2, -0.15) is 0 Å². The van der Waals surface area contributed by atoms with Crippen LogP contribution >= 0.6 is 0 Å². The van der Waals surface area contributed by atoms with Gasteiger partial charge < -0.3 is 9.84 Å². The Morgan fingerprint density at radius 2 is 2.11 bits per heavy atom. The third-order valence-corrected chi connectivity index (χ3v) is 3.88. The van der Waals surface area contributed by atoms with Crippen LogP contribution in [0.1, 0.15) is 40.5 Å². The predicted molar refractivity (Wildman–Crippen MR) is 74.1 cm³/mol. The fraction of sp³-hybridized carbons (Fsp3) is 0.625. The zero-order valence-electron chi connectivity index (χ0n) is 11.9. The molecule has 0 aromatic carbocycles. The van der Waals surface area contributed by atoms with E-state index in [0.29, 0.717) is 12.3 Å². The maximum Gasteiger partial charge on any atom is 0.122 e. The van der Waals surface area contributed by atoms with Crippen LogP contribution in [-0.4, -0.2) is 17.8 Å². The highest BCUT2D eigenvalue weighted by Gasteiger charge is 2.34. The molecule has 1 aliphatic heterocycles. The van der Waals surface area contributed by atoms with E-state index in [1.807, 2.05) is 12.2 Å². The van der Waals surface area contributed by atoms with Gasteiger partial charge in [-0.05, 0) is 28.9 Å². The minimum atomic E-state index is -0.375. The molecular formula is C16H24O2. The van der Waals surface area contributed by atoms with Crippen molar-refractivity contribution in [1.82, 2.24) is 0 Å². The molecule has 1 N–H and O–H groups in total. The molecule has 0 aromatic rings. The van der Waals surface area contributed by atoms with Gasteiger partial charge >= 0.3 is 0 Å². The van der Waals surface area contributed by atoms with Gasteiger partial charge in [0.1, 0.15) is 5.76 Å². The van der Waals surface area contributed by atoms with Crippen molar-refractivity contribution in [2.75, 3.05) is 6.61 Å². The topological polar surface area (TPSA) is 29.5 Å². The molecule has 1 atom stereocenters. The van der Waals surface area contributed by atoms with Gasteiger partial charge in [0.25, 0.3) is 0 Å². The molecule has 2 aliphatic rings. The largest absolute Gasteiger partial charge is 0.493 e. The molecule has 18 heavy (non-hydrogen) atoms. The molecule has 2 rings (SSSR count). The van der Waals surface area contributed by atoms with Gasteiger partial charge in [-0.15, -0.1) is 0 Å². The van der Waals surface area contributed by atoms with Crippen molar-refractivity contribution in [2.24, 2.45) is 11.3 Å². The molecule has 0 saturated heterocycles. The Morgan fingerprint density at radius 1 is 1.39 bits per heavy atom. The van der Waals surface area contributed by atoms with Gasteiger partial charge in [-0.3, -0.25) is 0 Å². The Bertz CT molecular complexity index is 411. The highest BCUT2D eigenvalue weighted by molar-refractivity contribution is 5.40. The first-order chi connectivity index (χ1) is 8.42. The van der Waals surface area contributed by atoms with Crippen LogP contribution in [0.15, 0.2) is 35.1 Å². The Balaban J connectivity index is 2.44. The SMILES string of the molecule is CC(C)C1=C(C2=CC=CC(O)C2)OCCC1(C)C. The molecule has 0 saturated carbocycles. The number of rotatable bonds is 2. The lowest BCUT2D eigenvalue weighted by atomic mass is 9.73. The van der Waals surface area contributed by atoms with Crippen LogP contribution in [-0.2, 0) is 4.74 Å². The Kier molecular flexibility index (Phi) is 3.67. The zero-order valence-corrected chi connectivity index (χ0v) is 11.9. The number of hydrogen-bond donors (Lipinski definition) is 1. The lowest BCUT2D eigenvalue weighted by Gasteiger charge is -2.38. The van der Waals surface area contributed by atoms with Crippen molar-refractivity contribution in [2.45, 2.75) is 46.6 Å². The fourth-order valence-electron chi connectivity index (χ4n) is 3.07. The van der Waals surface area contributed by atoms with E-state index in [-0.39, 0.29) is 11.5 Å². The molecule has 1 aliphatic carbocycles. The molecule has 100 valence electrons. The second-order valence-electron chi connectivity index (χ2n) is 6.23. The number of ether oxygens (including phenoxy) is 1. The van der Waals surface area contributed by atoms with E-state index in [2.05, 4.69) is 33.8 Å². The minimum absolute atomic E-state index is 0.189. The summed E-state index contributed by atoms with van der Waals surface area (Å²) in [6.45, 7) is 9.81. The van der Waals surface area contributed by atoms with Crippen LogP contribution in [0.25, 0.3) is 0 Å². The summed E-state index contributed by atoms with van der Waals surface area (Å²) in [4.78, 5) is 0. The molecule has 1 unspecified atom stereocenters. The summed E-state index contributed by atoms with van der Waals surface area (Å²) < 4.78 is 5.94. The van der Waals surface area contributed by atoms with E-state index < -0.39 is 0 Å². The molecule has 1 heterocycles. The van der Waals surface area contributed by atoms with E-state index >= 15 is 0 Å². The van der Waals surface area contributed by atoms with Gasteiger partial charge in [-0.25, -0.2) is 0 Å². The van der Waals surface area contributed by atoms with Crippen molar-refractivity contribution in [3.05, 3.63) is 35.1 Å². The summed E-state index contributed by atoms with van der Waals surface area (Å²) >= 11 is 0. The Morgan fingerprint density at radius 3 is 2.72 bits per heavy atom. The lowest BCUT2D eigenvalue weighted by Crippen LogP contribution is -2.29. The second kappa shape index (κ2) is 4.93. The molecule has 0 fully saturated rings. The van der Waals surface area contributed by atoms with Crippen LogP contribution in [0.2, 0.25) is 0 Å². The Hall–Kier alpha value is -1.02. The van der Waals surface area contributed by atoms with Crippen LogP contribution in [0.4, 0.5) is 0 Å². The van der Waals surface area contributed by atoms with Crippen LogP contribution in [0, 0.1) is 11.3 Å². The van der Waals surface area contributed by atoms with Crippen LogP contribution < -0.4 is 0 Å². The minimum Gasteiger partial charge on any atom is -0.493 e. The first-order valence-corrected chi connectivity index (χ1v) is 6.85. The summed E-state index contributed by atoms with van der Waals surface area (Å²) in [7, 11) is 0. The average molecular weight is 248 g/mol. The summed E-state index contributed by atoms with van der Waals surface area (Å²) in [6.07, 6.45) is 7.19. The van der Waals surface area contributed by atoms with Gasteiger partial charge in [0.05, 0.1) is 12.7 Å². The first kappa shape index (κ1) is 13.4. The maximum absolute atomic E-state index is 9.76. The third kappa shape index (κ3) is 2.54. The van der Waals surface area contributed by atoms with Crippen molar-refractivity contribution in [3.63, 3.8) is 0 Å². The average Bonchev–Trinajstić information content (AvgIpc) is 2.26. The van der Waals surface area contributed by atoms with Crippen LogP contribution in [0.3, 0.4) is 0 Å². The van der Waals surface area contributed by atoms with Gasteiger partial charge in [-0.1, -0.05) is 45.9 Å². The summed E-state index contributed by atoms with van der Waals surface area (Å²) in [6, 6.07) is 0. The smallest absolute Gasteiger partial charge is 0.122 e. The quantitative estimate of drug-likeness (QED) is 0.809. The molecule has 0 radical (unpaired) electrons. The molecule has 2 heteroatoms. The fourth-order valence-corrected chi connectivity index (χ4v) is 3.07. The molecule has 0 amide bonds. The van der Waals surface area contributed by atoms with E-state index in [1.54, 1.807) is 0 Å². The van der Waals surface area contributed by atoms with E-state index in [0.717, 1.165) is 24.4 Å². The van der Waals surface area contributed by atoms with E-state index in [9.17, 15) is 5.11 Å². The maximum atomic E-state index is 9.76. The predicted octanol–water partition coefficient (Wildman–Crippen LogP) is 3.59. The normalized spacial score (nSPS) is 27.2. The highest BCUT2D eigenvalue weighted by Crippen LogP contribution is 2.43. The van der Waals surface area contributed by atoms with Gasteiger partial charge in [0.15, 0.2) is 0 Å². The second-order valence-corrected chi connectivity index (χ2v) is 6.23. The van der Waals surface area contributed by atoms with E-state index in [4.69, 9.17) is 4.74 Å². The number of hydrogen-bond acceptors (Lipinski definition) is 2. The molecular weight excluding hydrogens is 224 g/mol. The summed E-state index contributed by atoms with van der Waals surface area (Å²) in [5.74, 6) is 1.50. The Labute approximate surface area is 110 Å². The monoisotopic (exact) mass is 248 g/mol. The number of aliphatic hydroxyl groups excluding tert-OH is 1. The lowest BCUT2D eigenvalue weighted by molar-refractivity contribution is 0.129. The molecule has 0 spiro atoms. The van der Waals surface area contributed by atoms with Gasteiger partial charge in [0, 0.05) is 6.42 Å². The third-order valence-electron chi connectivity index (χ3n) is 3.88. The van der Waals surface area contributed by atoms with Crippen molar-refractivity contribution >= 4 is 0 Å². The molecule has 0 bridgehead atoms. The first-order valence-electron chi connectivity index (χ1n) is 6.85. The highest BCUT2D eigenvalue weighted by atomic mass is 16.5. The standard InChI is InChI=1S/C16H24O2/c1-11(2)14-15(18-9-8-16(14,3)4)12-6-5-7-13(17)10-12/h5-7,11,13,17H,8-10H2,1-4H3. The number of allylic oxidation sites excluding steroid dienone is 4. The zero-order chi connectivity index (χ0) is 13.3. The van der Waals surface area contributed by atoms with Gasteiger partial charge in [0.2, 0.25) is 0 Å². The summed E-state index contributed by atoms with van der Waals surface area (Å²) in [5.41, 5.74) is 2.72. The summed E-state index contributed by atoms with van der Waals surface area (Å²) in [5, 5.41) is 9.76. The molecule has 2 nitrogen and oxygen atoms in total. The number of aliphatic hydroxyl groups is 1. The molecule has 0 aromatic heterocycles. The van der Waals surface area contributed by atoms with Crippen LogP contribution in [0.5, 0.6) is 0 Å². The van der Waals surface area contributed by atoms with E-state index in [1.165, 1.54) is 5.57 Å². The van der Waals surface area contributed by atoms with Crippen molar-refractivity contribution in [1.29, 1.82) is 0 Å².